The molecule has 2 N–H and O–H groups in total. The van der Waals surface area contributed by atoms with E-state index >= 15 is 0 Å². The molecule has 0 aliphatic carbocycles. The first-order valence-electron chi connectivity index (χ1n) is 5.74. The van der Waals surface area contributed by atoms with Gasteiger partial charge in [0.15, 0.2) is 0 Å². The lowest BCUT2D eigenvalue weighted by atomic mass is 10.0. The van der Waals surface area contributed by atoms with Crippen molar-refractivity contribution in [2.45, 2.75) is 24.8 Å². The second kappa shape index (κ2) is 7.02. The minimum Gasteiger partial charge on any atom is -0.396 e. The number of aliphatic hydroxyl groups excluding tert-OH is 1. The van der Waals surface area contributed by atoms with Gasteiger partial charge in [-0.3, -0.25) is 4.79 Å². The number of hydrogen-bond acceptors (Lipinski definition) is 3. The van der Waals surface area contributed by atoms with Crippen molar-refractivity contribution in [1.29, 1.82) is 0 Å². The smallest absolute Gasteiger partial charge is 0.253 e. The molecular weight excluding hydrogens is 270 g/mol. The van der Waals surface area contributed by atoms with Gasteiger partial charge in [0, 0.05) is 17.5 Å². The van der Waals surface area contributed by atoms with Crippen molar-refractivity contribution in [3.63, 3.8) is 0 Å². The first kappa shape index (κ1) is 15.3. The van der Waals surface area contributed by atoms with E-state index in [0.29, 0.717) is 10.6 Å². The molecule has 1 amide bonds. The Morgan fingerprint density at radius 3 is 2.72 bits per heavy atom. The van der Waals surface area contributed by atoms with Gasteiger partial charge < -0.3 is 10.4 Å². The summed E-state index contributed by atoms with van der Waals surface area (Å²) in [6.07, 6.45) is 1.95. The molecule has 0 spiro atoms. The van der Waals surface area contributed by atoms with Crippen molar-refractivity contribution in [3.05, 3.63) is 28.8 Å². The lowest BCUT2D eigenvalue weighted by molar-refractivity contribution is 0.0916. The van der Waals surface area contributed by atoms with Crippen LogP contribution in [-0.4, -0.2) is 29.9 Å². The normalized spacial score (nSPS) is 14.1. The fraction of sp³-hybridized carbons (Fsp3) is 0.462. The summed E-state index contributed by atoms with van der Waals surface area (Å²) in [5, 5.41) is 12.3. The predicted molar refractivity (Wildman–Crippen MR) is 76.4 cm³/mol. The zero-order chi connectivity index (χ0) is 13.7. The topological polar surface area (TPSA) is 49.3 Å². The van der Waals surface area contributed by atoms with Crippen LogP contribution in [0, 0.1) is 5.92 Å². The number of hydrogen-bond donors (Lipinski definition) is 2. The molecule has 0 heterocycles. The van der Waals surface area contributed by atoms with Crippen LogP contribution >= 0.6 is 23.4 Å². The maximum Gasteiger partial charge on any atom is 0.253 e. The molecule has 100 valence electrons. The van der Waals surface area contributed by atoms with E-state index < -0.39 is 0 Å². The lowest BCUT2D eigenvalue weighted by Crippen LogP contribution is -2.38. The molecule has 0 saturated heterocycles. The van der Waals surface area contributed by atoms with Crippen molar-refractivity contribution in [1.82, 2.24) is 5.32 Å². The second-order valence-electron chi connectivity index (χ2n) is 4.27. The van der Waals surface area contributed by atoms with Crippen LogP contribution in [0.25, 0.3) is 0 Å². The maximum absolute atomic E-state index is 12.1. The molecule has 2 atom stereocenters. The minimum atomic E-state index is -0.205. The molecule has 0 aliphatic rings. The fourth-order valence-electron chi connectivity index (χ4n) is 1.39. The number of rotatable bonds is 5. The zero-order valence-corrected chi connectivity index (χ0v) is 12.3. The minimum absolute atomic E-state index is 0.0106. The first-order valence-corrected chi connectivity index (χ1v) is 7.35. The van der Waals surface area contributed by atoms with E-state index in [4.69, 9.17) is 16.7 Å². The van der Waals surface area contributed by atoms with Crippen molar-refractivity contribution in [2.24, 2.45) is 5.92 Å². The maximum atomic E-state index is 12.1. The fourth-order valence-corrected chi connectivity index (χ4v) is 2.03. The number of carbonyl (C=O) groups excluding carboxylic acids is 1. The van der Waals surface area contributed by atoms with Gasteiger partial charge in [-0.05, 0) is 37.3 Å². The third-order valence-electron chi connectivity index (χ3n) is 2.92. The predicted octanol–water partition coefficient (Wildman–Crippen LogP) is 2.81. The molecule has 0 fully saturated rings. The Hall–Kier alpha value is -0.710. The van der Waals surface area contributed by atoms with E-state index in [2.05, 4.69) is 5.32 Å². The molecule has 5 heteroatoms. The second-order valence-corrected chi connectivity index (χ2v) is 5.55. The molecule has 1 aromatic rings. The molecule has 3 nitrogen and oxygen atoms in total. The summed E-state index contributed by atoms with van der Waals surface area (Å²) in [6, 6.07) is 5.28. The standard InChI is InChI=1S/C13H18ClNO2S/c1-8(7-16)9(2)15-13(17)11-6-10(18-3)4-5-12(11)14/h4-6,8-9,16H,7H2,1-3H3,(H,15,17). The van der Waals surface area contributed by atoms with Gasteiger partial charge in [0.2, 0.25) is 0 Å². The molecule has 1 aromatic carbocycles. The number of benzene rings is 1. The highest BCUT2D eigenvalue weighted by molar-refractivity contribution is 7.98. The Morgan fingerprint density at radius 2 is 2.17 bits per heavy atom. The van der Waals surface area contributed by atoms with Crippen LogP contribution < -0.4 is 5.32 Å². The SMILES string of the molecule is CSc1ccc(Cl)c(C(=O)NC(C)C(C)CO)c1. The Morgan fingerprint density at radius 1 is 1.50 bits per heavy atom. The molecule has 1 rings (SSSR count). The van der Waals surface area contributed by atoms with Gasteiger partial charge in [-0.15, -0.1) is 11.8 Å². The molecular formula is C13H18ClNO2S. The number of carbonyl (C=O) groups is 1. The van der Waals surface area contributed by atoms with Crippen molar-refractivity contribution in [3.8, 4) is 0 Å². The number of halogens is 1. The summed E-state index contributed by atoms with van der Waals surface area (Å²) in [5.41, 5.74) is 0.473. The largest absolute Gasteiger partial charge is 0.396 e. The Labute approximate surface area is 117 Å². The molecule has 2 unspecified atom stereocenters. The van der Waals surface area contributed by atoms with Crippen LogP contribution in [0.5, 0.6) is 0 Å². The number of thioether (sulfide) groups is 1. The van der Waals surface area contributed by atoms with E-state index in [0.717, 1.165) is 4.90 Å². The third-order valence-corrected chi connectivity index (χ3v) is 3.97. The number of aliphatic hydroxyl groups is 1. The molecule has 0 aromatic heterocycles. The van der Waals surface area contributed by atoms with Gasteiger partial charge in [0.1, 0.15) is 0 Å². The van der Waals surface area contributed by atoms with Gasteiger partial charge in [0.25, 0.3) is 5.91 Å². The zero-order valence-electron chi connectivity index (χ0n) is 10.7. The lowest BCUT2D eigenvalue weighted by Gasteiger charge is -2.19. The molecule has 0 bridgehead atoms. The quantitative estimate of drug-likeness (QED) is 0.819. The van der Waals surface area contributed by atoms with E-state index in [-0.39, 0.29) is 24.5 Å². The summed E-state index contributed by atoms with van der Waals surface area (Å²) in [7, 11) is 0. The first-order chi connectivity index (χ1) is 8.49. The molecule has 18 heavy (non-hydrogen) atoms. The van der Waals surface area contributed by atoms with E-state index in [1.807, 2.05) is 26.2 Å². The Bertz CT molecular complexity index is 425. The summed E-state index contributed by atoms with van der Waals surface area (Å²) >= 11 is 7.59. The Balaban J connectivity index is 2.83. The highest BCUT2D eigenvalue weighted by atomic mass is 35.5. The number of amides is 1. The van der Waals surface area contributed by atoms with Crippen molar-refractivity contribution < 1.29 is 9.90 Å². The Kier molecular flexibility index (Phi) is 5.99. The average Bonchev–Trinajstić information content (AvgIpc) is 2.38. The monoisotopic (exact) mass is 287 g/mol. The van der Waals surface area contributed by atoms with Gasteiger partial charge in [-0.1, -0.05) is 18.5 Å². The van der Waals surface area contributed by atoms with Gasteiger partial charge >= 0.3 is 0 Å². The third kappa shape index (κ3) is 3.90. The highest BCUT2D eigenvalue weighted by Crippen LogP contribution is 2.23. The average molecular weight is 288 g/mol. The molecule has 0 saturated carbocycles. The van der Waals surface area contributed by atoms with Gasteiger partial charge in [-0.2, -0.15) is 0 Å². The van der Waals surface area contributed by atoms with E-state index in [9.17, 15) is 4.79 Å². The highest BCUT2D eigenvalue weighted by Gasteiger charge is 2.17. The van der Waals surface area contributed by atoms with Crippen LogP contribution in [0.4, 0.5) is 0 Å². The van der Waals surface area contributed by atoms with Crippen molar-refractivity contribution >= 4 is 29.3 Å². The van der Waals surface area contributed by atoms with Crippen LogP contribution in [0.1, 0.15) is 24.2 Å². The van der Waals surface area contributed by atoms with Crippen molar-refractivity contribution in [2.75, 3.05) is 12.9 Å². The van der Waals surface area contributed by atoms with Crippen LogP contribution in [0.2, 0.25) is 5.02 Å². The van der Waals surface area contributed by atoms with E-state index in [1.54, 1.807) is 23.9 Å². The van der Waals surface area contributed by atoms with Crippen LogP contribution in [0.15, 0.2) is 23.1 Å². The van der Waals surface area contributed by atoms with Gasteiger partial charge in [-0.25, -0.2) is 0 Å². The van der Waals surface area contributed by atoms with Gasteiger partial charge in [0.05, 0.1) is 10.6 Å². The number of nitrogens with one attached hydrogen (secondary N) is 1. The summed E-state index contributed by atoms with van der Waals surface area (Å²) in [4.78, 5) is 13.1. The van der Waals surface area contributed by atoms with Crippen LogP contribution in [-0.2, 0) is 0 Å². The summed E-state index contributed by atoms with van der Waals surface area (Å²) in [5.74, 6) is -0.194. The summed E-state index contributed by atoms with van der Waals surface area (Å²) in [6.45, 7) is 3.79. The molecule has 0 aliphatic heterocycles. The van der Waals surface area contributed by atoms with Crippen LogP contribution in [0.3, 0.4) is 0 Å². The molecule has 0 radical (unpaired) electrons. The van der Waals surface area contributed by atoms with E-state index in [1.165, 1.54) is 0 Å². The summed E-state index contributed by atoms with van der Waals surface area (Å²) < 4.78 is 0.